The van der Waals surface area contributed by atoms with Gasteiger partial charge in [0.15, 0.2) is 0 Å². The van der Waals surface area contributed by atoms with Crippen molar-refractivity contribution in [1.82, 2.24) is 0 Å². The Bertz CT molecular complexity index is 162. The van der Waals surface area contributed by atoms with Crippen molar-refractivity contribution in [2.45, 2.75) is 43.9 Å². The Morgan fingerprint density at radius 3 is 3.18 bits per heavy atom. The lowest BCUT2D eigenvalue weighted by molar-refractivity contribution is -0.0414. The van der Waals surface area contributed by atoms with E-state index in [1.54, 1.807) is 0 Å². The van der Waals surface area contributed by atoms with Gasteiger partial charge in [-0.05, 0) is 19.8 Å². The molecule has 2 heterocycles. The molecule has 2 aliphatic rings. The van der Waals surface area contributed by atoms with E-state index < -0.39 is 0 Å². The summed E-state index contributed by atoms with van der Waals surface area (Å²) >= 11 is 0. The van der Waals surface area contributed by atoms with Crippen LogP contribution < -0.4 is 0 Å². The van der Waals surface area contributed by atoms with Crippen LogP contribution in [0.5, 0.6) is 0 Å². The highest BCUT2D eigenvalue weighted by Crippen LogP contribution is 2.36. The fraction of sp³-hybridized carbons (Fsp3) is 1.00. The first kappa shape index (κ1) is 7.62. The summed E-state index contributed by atoms with van der Waals surface area (Å²) in [4.78, 5) is 0. The lowest BCUT2D eigenvalue weighted by Gasteiger charge is -2.23. The molecule has 2 saturated heterocycles. The molecule has 3 atom stereocenters. The van der Waals surface area contributed by atoms with E-state index in [1.165, 1.54) is 0 Å². The summed E-state index contributed by atoms with van der Waals surface area (Å²) in [6.45, 7) is 3.13. The first-order valence-corrected chi connectivity index (χ1v) is 4.49. The van der Waals surface area contributed by atoms with Crippen LogP contribution in [0, 0.1) is 0 Å². The molecule has 2 rings (SSSR count). The fourth-order valence-electron chi connectivity index (χ4n) is 2.20. The van der Waals surface area contributed by atoms with E-state index in [1.807, 2.05) is 0 Å². The second kappa shape index (κ2) is 2.49. The van der Waals surface area contributed by atoms with Crippen LogP contribution in [0.1, 0.15) is 26.2 Å². The van der Waals surface area contributed by atoms with Gasteiger partial charge < -0.3 is 9.47 Å². The maximum Gasteiger partial charge on any atom is 0.142 e. The third-order valence-corrected chi connectivity index (χ3v) is 2.81. The van der Waals surface area contributed by atoms with E-state index in [0.29, 0.717) is 12.1 Å². The number of hydrogen-bond donors (Lipinski definition) is 0. The minimum atomic E-state index is 0.126. The van der Waals surface area contributed by atoms with Crippen molar-refractivity contribution in [3.05, 3.63) is 0 Å². The molecule has 2 fully saturated rings. The van der Waals surface area contributed by atoms with Gasteiger partial charge in [0.25, 0.3) is 0 Å². The lowest BCUT2D eigenvalue weighted by Crippen LogP contribution is -2.28. The normalized spacial score (nSPS) is 50.6. The highest BCUT2D eigenvalue weighted by atomic mass is 16.6. The largest absolute Gasteiger partial charge is 0.378 e. The van der Waals surface area contributed by atoms with Crippen molar-refractivity contribution in [2.24, 2.45) is 0 Å². The van der Waals surface area contributed by atoms with Crippen LogP contribution in [-0.4, -0.2) is 32.2 Å². The second-order valence-corrected chi connectivity index (χ2v) is 3.99. The molecular formula is C8H15BO2. The van der Waals surface area contributed by atoms with E-state index in [4.69, 9.17) is 9.47 Å². The predicted molar refractivity (Wildman–Crippen MR) is 45.4 cm³/mol. The van der Waals surface area contributed by atoms with Crippen LogP contribution in [0.25, 0.3) is 0 Å². The van der Waals surface area contributed by atoms with Crippen molar-refractivity contribution in [3.63, 3.8) is 0 Å². The Hall–Kier alpha value is -0.0151. The summed E-state index contributed by atoms with van der Waals surface area (Å²) in [7, 11) is 2.11. The lowest BCUT2D eigenvalue weighted by atomic mass is 9.91. The van der Waals surface area contributed by atoms with Crippen LogP contribution in [0.4, 0.5) is 0 Å². The molecule has 2 nitrogen and oxygen atoms in total. The zero-order chi connectivity index (χ0) is 7.90. The number of fused-ring (bicyclic) bond motifs is 2. The minimum absolute atomic E-state index is 0.126. The predicted octanol–water partition coefficient (Wildman–Crippen LogP) is 0.304. The molecule has 0 saturated carbocycles. The molecule has 2 bridgehead atoms. The topological polar surface area (TPSA) is 18.5 Å². The smallest absolute Gasteiger partial charge is 0.142 e. The van der Waals surface area contributed by atoms with Gasteiger partial charge in [-0.1, -0.05) is 0 Å². The van der Waals surface area contributed by atoms with Gasteiger partial charge in [0.1, 0.15) is 7.85 Å². The van der Waals surface area contributed by atoms with E-state index in [9.17, 15) is 0 Å². The molecule has 0 aromatic heterocycles. The molecule has 62 valence electrons. The molecule has 0 spiro atoms. The standard InChI is InChI=1S/C8H15BO2/c1-8-3-2-4-10-6(5-8)7(9)11-8/h6-7H,2-5,9H2,1H3/t6?,7?,8-/m0/s1. The maximum atomic E-state index is 5.83. The average Bonchev–Trinajstić information content (AvgIpc) is 2.16. The Morgan fingerprint density at radius 2 is 2.36 bits per heavy atom. The summed E-state index contributed by atoms with van der Waals surface area (Å²) in [5.41, 5.74) is 0.126. The van der Waals surface area contributed by atoms with Gasteiger partial charge in [-0.15, -0.1) is 0 Å². The SMILES string of the molecule is BC1O[C@@]2(C)CCCOC1C2. The molecule has 0 aromatic rings. The summed E-state index contributed by atoms with van der Waals surface area (Å²) in [5, 5.41) is 0. The van der Waals surface area contributed by atoms with Crippen LogP contribution in [0.15, 0.2) is 0 Å². The molecule has 0 aliphatic carbocycles. The van der Waals surface area contributed by atoms with Crippen LogP contribution >= 0.6 is 0 Å². The molecule has 11 heavy (non-hydrogen) atoms. The van der Waals surface area contributed by atoms with Gasteiger partial charge >= 0.3 is 0 Å². The summed E-state index contributed by atoms with van der Waals surface area (Å²) in [5.74, 6) is 0. The van der Waals surface area contributed by atoms with Crippen molar-refractivity contribution in [3.8, 4) is 0 Å². The first-order valence-electron chi connectivity index (χ1n) is 4.49. The Labute approximate surface area is 68.7 Å². The summed E-state index contributed by atoms with van der Waals surface area (Å²) < 4.78 is 11.5. The Kier molecular flexibility index (Phi) is 1.73. The Balaban J connectivity index is 2.13. The highest BCUT2D eigenvalue weighted by Gasteiger charge is 2.42. The molecule has 0 aromatic carbocycles. The summed E-state index contributed by atoms with van der Waals surface area (Å²) in [6, 6.07) is 0.306. The van der Waals surface area contributed by atoms with Crippen molar-refractivity contribution < 1.29 is 9.47 Å². The first-order chi connectivity index (χ1) is 5.20. The maximum absolute atomic E-state index is 5.83. The zero-order valence-corrected chi connectivity index (χ0v) is 7.30. The van der Waals surface area contributed by atoms with Crippen LogP contribution in [0.2, 0.25) is 0 Å². The molecule has 0 amide bonds. The van der Waals surface area contributed by atoms with Crippen LogP contribution in [-0.2, 0) is 9.47 Å². The highest BCUT2D eigenvalue weighted by molar-refractivity contribution is 6.11. The van der Waals surface area contributed by atoms with Gasteiger partial charge in [-0.25, -0.2) is 0 Å². The van der Waals surface area contributed by atoms with E-state index in [-0.39, 0.29) is 5.60 Å². The minimum Gasteiger partial charge on any atom is -0.378 e. The second-order valence-electron chi connectivity index (χ2n) is 3.99. The van der Waals surface area contributed by atoms with Crippen molar-refractivity contribution in [2.75, 3.05) is 6.61 Å². The third kappa shape index (κ3) is 1.32. The van der Waals surface area contributed by atoms with Gasteiger partial charge in [-0.3, -0.25) is 0 Å². The van der Waals surface area contributed by atoms with Gasteiger partial charge in [0, 0.05) is 13.0 Å². The Morgan fingerprint density at radius 1 is 1.55 bits per heavy atom. The quantitative estimate of drug-likeness (QED) is 0.467. The number of rotatable bonds is 0. The van der Waals surface area contributed by atoms with E-state index in [0.717, 1.165) is 25.9 Å². The molecule has 0 radical (unpaired) electrons. The van der Waals surface area contributed by atoms with E-state index >= 15 is 0 Å². The van der Waals surface area contributed by atoms with Crippen LogP contribution in [0.3, 0.4) is 0 Å². The molecule has 2 aliphatic heterocycles. The van der Waals surface area contributed by atoms with Gasteiger partial charge in [-0.2, -0.15) is 0 Å². The monoisotopic (exact) mass is 154 g/mol. The van der Waals surface area contributed by atoms with Gasteiger partial charge in [0.2, 0.25) is 0 Å². The van der Waals surface area contributed by atoms with Gasteiger partial charge in [0.05, 0.1) is 17.7 Å². The number of ether oxygens (including phenoxy) is 2. The molecule has 3 heteroatoms. The van der Waals surface area contributed by atoms with Crippen molar-refractivity contribution in [1.29, 1.82) is 0 Å². The molecular weight excluding hydrogens is 139 g/mol. The van der Waals surface area contributed by atoms with Crippen molar-refractivity contribution >= 4 is 7.85 Å². The zero-order valence-electron chi connectivity index (χ0n) is 7.30. The number of hydrogen-bond acceptors (Lipinski definition) is 2. The van der Waals surface area contributed by atoms with E-state index in [2.05, 4.69) is 14.8 Å². The average molecular weight is 154 g/mol. The molecule has 2 unspecified atom stereocenters. The fourth-order valence-corrected chi connectivity index (χ4v) is 2.20. The third-order valence-electron chi connectivity index (χ3n) is 2.81. The summed E-state index contributed by atoms with van der Waals surface area (Å²) in [6.07, 6.45) is 3.77. The molecule has 0 N–H and O–H groups in total.